The monoisotopic (exact) mass is 295 g/mol. The number of aryl methyl sites for hydroxylation is 2. The van der Waals surface area contributed by atoms with E-state index >= 15 is 0 Å². The van der Waals surface area contributed by atoms with Gasteiger partial charge in [-0.05, 0) is 43.7 Å². The molecule has 2 aromatic heterocycles. The van der Waals surface area contributed by atoms with E-state index in [4.69, 9.17) is 4.42 Å². The fraction of sp³-hybridized carbons (Fsp3) is 0.176. The van der Waals surface area contributed by atoms with Crippen molar-refractivity contribution in [2.45, 2.75) is 20.4 Å². The zero-order chi connectivity index (χ0) is 15.5. The number of hydrogen-bond acceptors (Lipinski definition) is 3. The van der Waals surface area contributed by atoms with Gasteiger partial charge in [-0.15, -0.1) is 0 Å². The molecule has 0 unspecified atom stereocenters. The van der Waals surface area contributed by atoms with Gasteiger partial charge in [-0.3, -0.25) is 4.79 Å². The van der Waals surface area contributed by atoms with Crippen molar-refractivity contribution in [3.8, 4) is 5.69 Å². The number of nitrogens with zero attached hydrogens (tertiary/aromatic N) is 2. The number of carbonyl (C=O) groups is 1. The van der Waals surface area contributed by atoms with Crippen molar-refractivity contribution in [1.29, 1.82) is 0 Å². The molecule has 1 N–H and O–H groups in total. The molecular weight excluding hydrogens is 278 g/mol. The van der Waals surface area contributed by atoms with E-state index in [1.807, 2.05) is 48.9 Å². The maximum Gasteiger partial charge on any atom is 0.287 e. The van der Waals surface area contributed by atoms with E-state index in [0.29, 0.717) is 12.3 Å². The third-order valence-electron chi connectivity index (χ3n) is 3.41. The fourth-order valence-corrected chi connectivity index (χ4v) is 2.41. The van der Waals surface area contributed by atoms with E-state index in [2.05, 4.69) is 10.4 Å². The summed E-state index contributed by atoms with van der Waals surface area (Å²) in [5.41, 5.74) is 3.98. The number of furan rings is 1. The molecule has 3 aromatic rings. The van der Waals surface area contributed by atoms with Gasteiger partial charge in [0.05, 0.1) is 17.6 Å². The summed E-state index contributed by atoms with van der Waals surface area (Å²) in [5, 5.41) is 7.37. The topological polar surface area (TPSA) is 60.1 Å². The molecule has 2 heterocycles. The van der Waals surface area contributed by atoms with Crippen molar-refractivity contribution < 1.29 is 9.21 Å². The highest BCUT2D eigenvalue weighted by Gasteiger charge is 2.11. The van der Waals surface area contributed by atoms with Crippen LogP contribution in [0.25, 0.3) is 5.69 Å². The third kappa shape index (κ3) is 2.79. The summed E-state index contributed by atoms with van der Waals surface area (Å²) in [7, 11) is 0. The number of nitrogens with one attached hydrogen (secondary N) is 1. The lowest BCUT2D eigenvalue weighted by atomic mass is 10.1. The smallest absolute Gasteiger partial charge is 0.287 e. The van der Waals surface area contributed by atoms with Crippen LogP contribution in [0.5, 0.6) is 0 Å². The van der Waals surface area contributed by atoms with Gasteiger partial charge in [0.25, 0.3) is 5.91 Å². The second-order valence-electron chi connectivity index (χ2n) is 5.13. The third-order valence-corrected chi connectivity index (χ3v) is 3.41. The molecule has 22 heavy (non-hydrogen) atoms. The van der Waals surface area contributed by atoms with Crippen molar-refractivity contribution in [2.24, 2.45) is 0 Å². The number of benzene rings is 1. The summed E-state index contributed by atoms with van der Waals surface area (Å²) in [6, 6.07) is 13.2. The Hall–Kier alpha value is -2.82. The Morgan fingerprint density at radius 2 is 2.05 bits per heavy atom. The number of para-hydroxylation sites is 1. The van der Waals surface area contributed by atoms with E-state index in [1.54, 1.807) is 12.1 Å². The summed E-state index contributed by atoms with van der Waals surface area (Å²) in [6.07, 6.45) is 1.48. The first-order valence-corrected chi connectivity index (χ1v) is 7.08. The Bertz CT molecular complexity index is 788. The van der Waals surface area contributed by atoms with Gasteiger partial charge in [0, 0.05) is 12.2 Å². The Balaban J connectivity index is 1.83. The highest BCUT2D eigenvalue weighted by atomic mass is 16.3. The van der Waals surface area contributed by atoms with Crippen LogP contribution in [0.1, 0.15) is 27.5 Å². The van der Waals surface area contributed by atoms with Crippen LogP contribution in [-0.4, -0.2) is 15.7 Å². The van der Waals surface area contributed by atoms with Crippen LogP contribution in [0.3, 0.4) is 0 Å². The molecule has 1 aromatic carbocycles. The van der Waals surface area contributed by atoms with E-state index in [1.165, 1.54) is 6.26 Å². The molecule has 3 rings (SSSR count). The average molecular weight is 295 g/mol. The molecule has 0 aliphatic heterocycles. The Labute approximate surface area is 128 Å². The predicted molar refractivity (Wildman–Crippen MR) is 82.9 cm³/mol. The van der Waals surface area contributed by atoms with Crippen LogP contribution >= 0.6 is 0 Å². The molecule has 0 saturated carbocycles. The minimum absolute atomic E-state index is 0.229. The minimum Gasteiger partial charge on any atom is -0.459 e. The maximum atomic E-state index is 12.0. The molecule has 0 radical (unpaired) electrons. The largest absolute Gasteiger partial charge is 0.459 e. The fourth-order valence-electron chi connectivity index (χ4n) is 2.41. The summed E-state index contributed by atoms with van der Waals surface area (Å²) < 4.78 is 6.98. The molecule has 5 heteroatoms. The quantitative estimate of drug-likeness (QED) is 0.805. The van der Waals surface area contributed by atoms with Gasteiger partial charge in [-0.25, -0.2) is 4.68 Å². The molecule has 1 amide bonds. The molecule has 112 valence electrons. The Morgan fingerprint density at radius 1 is 1.23 bits per heavy atom. The number of amides is 1. The average Bonchev–Trinajstić information content (AvgIpc) is 3.15. The van der Waals surface area contributed by atoms with Crippen molar-refractivity contribution in [3.63, 3.8) is 0 Å². The van der Waals surface area contributed by atoms with Gasteiger partial charge in [-0.2, -0.15) is 5.10 Å². The van der Waals surface area contributed by atoms with Crippen LogP contribution in [0, 0.1) is 13.8 Å². The second kappa shape index (κ2) is 5.89. The highest BCUT2D eigenvalue weighted by molar-refractivity contribution is 5.91. The lowest BCUT2D eigenvalue weighted by Crippen LogP contribution is -2.23. The van der Waals surface area contributed by atoms with Crippen molar-refractivity contribution >= 4 is 5.91 Å². The summed E-state index contributed by atoms with van der Waals surface area (Å²) in [6.45, 7) is 4.39. The van der Waals surface area contributed by atoms with Crippen molar-refractivity contribution in [3.05, 3.63) is 71.4 Å². The number of carbonyl (C=O) groups excluding carboxylic acids is 1. The molecule has 0 atom stereocenters. The van der Waals surface area contributed by atoms with Gasteiger partial charge in [-0.1, -0.05) is 18.2 Å². The summed E-state index contributed by atoms with van der Waals surface area (Å²) >= 11 is 0. The normalized spacial score (nSPS) is 10.6. The zero-order valence-electron chi connectivity index (χ0n) is 12.5. The molecule has 0 fully saturated rings. The number of hydrogen-bond donors (Lipinski definition) is 1. The summed E-state index contributed by atoms with van der Waals surface area (Å²) in [5.74, 6) is 0.0803. The first-order valence-electron chi connectivity index (χ1n) is 7.08. The van der Waals surface area contributed by atoms with Gasteiger partial charge >= 0.3 is 0 Å². The first-order chi connectivity index (χ1) is 10.6. The molecular formula is C17H17N3O2. The van der Waals surface area contributed by atoms with E-state index in [-0.39, 0.29) is 5.91 Å². The summed E-state index contributed by atoms with van der Waals surface area (Å²) in [4.78, 5) is 12.0. The lowest BCUT2D eigenvalue weighted by Gasteiger charge is -2.11. The molecule has 0 aliphatic carbocycles. The van der Waals surface area contributed by atoms with Crippen LogP contribution in [0.4, 0.5) is 0 Å². The van der Waals surface area contributed by atoms with Crippen molar-refractivity contribution in [1.82, 2.24) is 15.1 Å². The minimum atomic E-state index is -0.229. The van der Waals surface area contributed by atoms with E-state index in [0.717, 1.165) is 22.6 Å². The van der Waals surface area contributed by atoms with Crippen molar-refractivity contribution in [2.75, 3.05) is 0 Å². The first kappa shape index (κ1) is 14.1. The van der Waals surface area contributed by atoms with Crippen LogP contribution in [0.15, 0.2) is 53.1 Å². The van der Waals surface area contributed by atoms with E-state index < -0.39 is 0 Å². The maximum absolute atomic E-state index is 12.0. The van der Waals surface area contributed by atoms with E-state index in [9.17, 15) is 4.79 Å². The predicted octanol–water partition coefficient (Wildman–Crippen LogP) is 3.01. The number of aromatic nitrogens is 2. The van der Waals surface area contributed by atoms with Gasteiger partial charge in [0.2, 0.25) is 0 Å². The van der Waals surface area contributed by atoms with Gasteiger partial charge in [0.15, 0.2) is 5.76 Å². The molecule has 0 aliphatic rings. The number of rotatable bonds is 4. The molecule has 0 saturated heterocycles. The van der Waals surface area contributed by atoms with Crippen LogP contribution in [-0.2, 0) is 6.54 Å². The van der Waals surface area contributed by atoms with Gasteiger partial charge < -0.3 is 9.73 Å². The lowest BCUT2D eigenvalue weighted by molar-refractivity contribution is 0.0923. The SMILES string of the molecule is Cc1cc(C)n(-c2ccccc2CNC(=O)c2ccco2)n1. The Morgan fingerprint density at radius 3 is 2.73 bits per heavy atom. The second-order valence-corrected chi connectivity index (χ2v) is 5.13. The highest BCUT2D eigenvalue weighted by Crippen LogP contribution is 2.17. The standard InChI is InChI=1S/C17H17N3O2/c1-12-10-13(2)20(19-12)15-7-4-3-6-14(15)11-18-17(21)16-8-5-9-22-16/h3-10H,11H2,1-2H3,(H,18,21). The molecule has 0 spiro atoms. The molecule has 0 bridgehead atoms. The molecule has 5 nitrogen and oxygen atoms in total. The van der Waals surface area contributed by atoms with Gasteiger partial charge in [0.1, 0.15) is 0 Å². The van der Waals surface area contributed by atoms with Crippen LogP contribution in [0.2, 0.25) is 0 Å². The van der Waals surface area contributed by atoms with Crippen LogP contribution < -0.4 is 5.32 Å². The Kier molecular flexibility index (Phi) is 3.78. The zero-order valence-corrected chi connectivity index (χ0v) is 12.5.